The Kier molecular flexibility index (Phi) is 4.64. The molecule has 0 N–H and O–H groups in total. The van der Waals surface area contributed by atoms with Gasteiger partial charge in [0.25, 0.3) is 5.56 Å². The Hall–Kier alpha value is -4.06. The molecule has 1 aliphatic heterocycles. The van der Waals surface area contributed by atoms with Gasteiger partial charge in [0.2, 0.25) is 0 Å². The summed E-state index contributed by atoms with van der Waals surface area (Å²) >= 11 is 0. The minimum absolute atomic E-state index is 0.0931. The van der Waals surface area contributed by atoms with Crippen LogP contribution in [0.2, 0.25) is 0 Å². The molecule has 5 heterocycles. The fraction of sp³-hybridized carbons (Fsp3) is 0.185. The molecule has 0 atom stereocenters. The fourth-order valence-electron chi connectivity index (χ4n) is 4.62. The zero-order valence-corrected chi connectivity index (χ0v) is 18.4. The highest BCUT2D eigenvalue weighted by Crippen LogP contribution is 2.27. The first-order valence-electron chi connectivity index (χ1n) is 11.3. The van der Waals surface area contributed by atoms with Crippen LogP contribution in [-0.2, 0) is 0 Å². The van der Waals surface area contributed by atoms with Crippen LogP contribution in [-0.4, -0.2) is 32.6 Å². The maximum Gasteiger partial charge on any atom is 0.255 e. The number of aromatic nitrogens is 4. The molecule has 1 aromatic carbocycles. The van der Waals surface area contributed by atoms with Gasteiger partial charge in [-0.25, -0.2) is 9.97 Å². The third kappa shape index (κ3) is 3.44. The van der Waals surface area contributed by atoms with Crippen LogP contribution in [0, 0.1) is 6.92 Å². The maximum atomic E-state index is 13.0. The summed E-state index contributed by atoms with van der Waals surface area (Å²) < 4.78 is 1.73. The van der Waals surface area contributed by atoms with E-state index in [4.69, 9.17) is 4.98 Å². The number of pyridine rings is 4. The molecule has 0 spiro atoms. The van der Waals surface area contributed by atoms with Crippen LogP contribution < -0.4 is 10.5 Å². The van der Waals surface area contributed by atoms with Crippen LogP contribution in [0.15, 0.2) is 77.9 Å². The summed E-state index contributed by atoms with van der Waals surface area (Å²) in [5.41, 5.74) is 5.79. The molecule has 0 unspecified atom stereocenters. The molecule has 1 aliphatic rings. The van der Waals surface area contributed by atoms with Crippen molar-refractivity contribution in [1.29, 1.82) is 0 Å². The first-order valence-corrected chi connectivity index (χ1v) is 11.3. The number of hydrogen-bond donors (Lipinski definition) is 0. The molecule has 0 aliphatic carbocycles. The lowest BCUT2D eigenvalue weighted by Crippen LogP contribution is -2.18. The minimum Gasteiger partial charge on any atom is -0.357 e. The second-order valence-corrected chi connectivity index (χ2v) is 8.57. The summed E-state index contributed by atoms with van der Waals surface area (Å²) in [6, 6.07) is 19.4. The summed E-state index contributed by atoms with van der Waals surface area (Å²) in [5, 5.41) is 0.871. The van der Waals surface area contributed by atoms with Crippen molar-refractivity contribution in [3.63, 3.8) is 0 Å². The van der Waals surface area contributed by atoms with Crippen LogP contribution in [0.5, 0.6) is 0 Å². The molecule has 1 fully saturated rings. The van der Waals surface area contributed by atoms with E-state index in [0.717, 1.165) is 57.8 Å². The molecule has 0 saturated carbocycles. The predicted octanol–water partition coefficient (Wildman–Crippen LogP) is 4.90. The monoisotopic (exact) mass is 433 g/mol. The first-order chi connectivity index (χ1) is 16.2. The van der Waals surface area contributed by atoms with Gasteiger partial charge in [-0.15, -0.1) is 0 Å². The largest absolute Gasteiger partial charge is 0.357 e. The second-order valence-electron chi connectivity index (χ2n) is 8.57. The normalized spacial score (nSPS) is 13.8. The number of rotatable bonds is 3. The number of anilines is 1. The van der Waals surface area contributed by atoms with E-state index in [1.807, 2.05) is 55.6 Å². The number of benzene rings is 1. The summed E-state index contributed by atoms with van der Waals surface area (Å²) in [5.74, 6) is 1.01. The Morgan fingerprint density at radius 1 is 0.879 bits per heavy atom. The predicted molar refractivity (Wildman–Crippen MR) is 132 cm³/mol. The molecule has 33 heavy (non-hydrogen) atoms. The van der Waals surface area contributed by atoms with E-state index in [2.05, 4.69) is 27.0 Å². The van der Waals surface area contributed by atoms with Gasteiger partial charge in [-0.05, 0) is 67.8 Å². The third-order valence-corrected chi connectivity index (χ3v) is 6.30. The highest BCUT2D eigenvalue weighted by atomic mass is 16.1. The first kappa shape index (κ1) is 19.6. The van der Waals surface area contributed by atoms with Crippen molar-refractivity contribution >= 4 is 27.8 Å². The van der Waals surface area contributed by atoms with Gasteiger partial charge in [-0.2, -0.15) is 0 Å². The Morgan fingerprint density at radius 3 is 2.55 bits per heavy atom. The molecule has 162 valence electrons. The minimum atomic E-state index is -0.0931. The Morgan fingerprint density at radius 2 is 1.76 bits per heavy atom. The van der Waals surface area contributed by atoms with E-state index in [1.165, 1.54) is 12.8 Å². The Balaban J connectivity index is 1.55. The summed E-state index contributed by atoms with van der Waals surface area (Å²) in [7, 11) is 0. The van der Waals surface area contributed by atoms with E-state index in [9.17, 15) is 4.79 Å². The second kappa shape index (κ2) is 7.81. The SMILES string of the molecule is Cc1cccc(-n2c(=O)ccc3cnc4ccc(-c5ccc(N6CCCC6)nc5)nc4c32)c1. The topological polar surface area (TPSA) is 63.9 Å². The molecule has 6 rings (SSSR count). The summed E-state index contributed by atoms with van der Waals surface area (Å²) in [6.07, 6.45) is 6.13. The zero-order chi connectivity index (χ0) is 22.4. The van der Waals surface area contributed by atoms with Crippen molar-refractivity contribution in [2.75, 3.05) is 18.0 Å². The molecule has 0 bridgehead atoms. The van der Waals surface area contributed by atoms with Gasteiger partial charge in [0.15, 0.2) is 0 Å². The highest BCUT2D eigenvalue weighted by Gasteiger charge is 2.15. The molecular weight excluding hydrogens is 410 g/mol. The van der Waals surface area contributed by atoms with Crippen molar-refractivity contribution in [2.45, 2.75) is 19.8 Å². The van der Waals surface area contributed by atoms with Crippen LogP contribution >= 0.6 is 0 Å². The van der Waals surface area contributed by atoms with Gasteiger partial charge >= 0.3 is 0 Å². The summed E-state index contributed by atoms with van der Waals surface area (Å²) in [4.78, 5) is 29.6. The van der Waals surface area contributed by atoms with E-state index in [1.54, 1.807) is 16.8 Å². The molecule has 5 aromatic rings. The van der Waals surface area contributed by atoms with E-state index < -0.39 is 0 Å². The quantitative estimate of drug-likeness (QED) is 0.379. The Bertz CT molecular complexity index is 1550. The number of aryl methyl sites for hydroxylation is 1. The smallest absolute Gasteiger partial charge is 0.255 e. The average Bonchev–Trinajstić information content (AvgIpc) is 3.39. The molecular formula is C27H23N5O. The molecule has 0 radical (unpaired) electrons. The molecule has 4 aromatic heterocycles. The molecule has 0 amide bonds. The number of nitrogens with zero attached hydrogens (tertiary/aromatic N) is 5. The van der Waals surface area contributed by atoms with Crippen molar-refractivity contribution in [2.24, 2.45) is 0 Å². The highest BCUT2D eigenvalue weighted by molar-refractivity contribution is 6.02. The van der Waals surface area contributed by atoms with Gasteiger partial charge < -0.3 is 4.90 Å². The van der Waals surface area contributed by atoms with Crippen LogP contribution in [0.25, 0.3) is 38.9 Å². The van der Waals surface area contributed by atoms with Crippen molar-refractivity contribution in [3.8, 4) is 16.9 Å². The van der Waals surface area contributed by atoms with Gasteiger partial charge in [0, 0.05) is 48.2 Å². The van der Waals surface area contributed by atoms with E-state index in [0.29, 0.717) is 5.52 Å². The number of hydrogen-bond acceptors (Lipinski definition) is 5. The lowest BCUT2D eigenvalue weighted by molar-refractivity contribution is 0.938. The van der Waals surface area contributed by atoms with Crippen molar-refractivity contribution in [3.05, 3.63) is 89.0 Å². The third-order valence-electron chi connectivity index (χ3n) is 6.30. The van der Waals surface area contributed by atoms with Crippen LogP contribution in [0.4, 0.5) is 5.82 Å². The maximum absolute atomic E-state index is 13.0. The molecule has 1 saturated heterocycles. The van der Waals surface area contributed by atoms with Crippen molar-refractivity contribution < 1.29 is 0 Å². The van der Waals surface area contributed by atoms with Crippen LogP contribution in [0.3, 0.4) is 0 Å². The lowest BCUT2D eigenvalue weighted by Gasteiger charge is -2.16. The zero-order valence-electron chi connectivity index (χ0n) is 18.4. The number of fused-ring (bicyclic) bond motifs is 3. The lowest BCUT2D eigenvalue weighted by atomic mass is 10.1. The van der Waals surface area contributed by atoms with Crippen molar-refractivity contribution in [1.82, 2.24) is 19.5 Å². The summed E-state index contributed by atoms with van der Waals surface area (Å²) in [6.45, 7) is 4.15. The van der Waals surface area contributed by atoms with Gasteiger partial charge in [0.1, 0.15) is 11.3 Å². The standard InChI is InChI=1S/C27H23N5O/c1-18-5-4-6-21(15-18)32-25(33)12-8-20-17-28-23-10-9-22(30-26(23)27(20)32)19-7-11-24(29-16-19)31-13-2-3-14-31/h4-12,15-17H,2-3,13-14H2,1H3. The van der Waals surface area contributed by atoms with Gasteiger partial charge in [-0.1, -0.05) is 12.1 Å². The van der Waals surface area contributed by atoms with E-state index in [-0.39, 0.29) is 5.56 Å². The fourth-order valence-corrected chi connectivity index (χ4v) is 4.62. The molecule has 6 heteroatoms. The van der Waals surface area contributed by atoms with Gasteiger partial charge in [0.05, 0.1) is 16.7 Å². The van der Waals surface area contributed by atoms with E-state index >= 15 is 0 Å². The van der Waals surface area contributed by atoms with Gasteiger partial charge in [-0.3, -0.25) is 14.3 Å². The van der Waals surface area contributed by atoms with Crippen LogP contribution in [0.1, 0.15) is 18.4 Å². The Labute approximate surface area is 191 Å². The average molecular weight is 434 g/mol. The molecule has 6 nitrogen and oxygen atoms in total.